The van der Waals surface area contributed by atoms with Gasteiger partial charge in [-0.25, -0.2) is 4.79 Å². The molecule has 104 valence electrons. The van der Waals surface area contributed by atoms with Crippen LogP contribution in [0.1, 0.15) is 19.0 Å². The van der Waals surface area contributed by atoms with Crippen molar-refractivity contribution in [3.63, 3.8) is 0 Å². The minimum atomic E-state index is -0.990. The Morgan fingerprint density at radius 3 is 2.53 bits per heavy atom. The summed E-state index contributed by atoms with van der Waals surface area (Å²) in [5.41, 5.74) is -1.06. The third kappa shape index (κ3) is 4.78. The van der Waals surface area contributed by atoms with Crippen molar-refractivity contribution in [2.24, 2.45) is 0 Å². The van der Waals surface area contributed by atoms with E-state index in [4.69, 9.17) is 5.11 Å². The third-order valence-corrected chi connectivity index (χ3v) is 2.49. The van der Waals surface area contributed by atoms with Gasteiger partial charge in [-0.2, -0.15) is 0 Å². The molecule has 1 amide bonds. The minimum Gasteiger partial charge on any atom is -0.481 e. The highest BCUT2D eigenvalue weighted by atomic mass is 16.4. The van der Waals surface area contributed by atoms with Gasteiger partial charge in [0.2, 0.25) is 5.91 Å². The van der Waals surface area contributed by atoms with Gasteiger partial charge in [-0.05, 0) is 6.92 Å². The van der Waals surface area contributed by atoms with Gasteiger partial charge in [0.05, 0.1) is 12.8 Å². The van der Waals surface area contributed by atoms with E-state index < -0.39 is 17.2 Å². The first-order chi connectivity index (χ1) is 8.92. The molecule has 0 saturated carbocycles. The molecular formula is C11H15N3O5. The molecule has 19 heavy (non-hydrogen) atoms. The van der Waals surface area contributed by atoms with Crippen LogP contribution >= 0.6 is 0 Å². The molecule has 8 nitrogen and oxygen atoms in total. The average Bonchev–Trinajstić information content (AvgIpc) is 2.27. The second-order valence-electron chi connectivity index (χ2n) is 3.91. The fourth-order valence-electron chi connectivity index (χ4n) is 1.58. The number of aliphatic carboxylic acids is 1. The van der Waals surface area contributed by atoms with Gasteiger partial charge in [-0.15, -0.1) is 0 Å². The summed E-state index contributed by atoms with van der Waals surface area (Å²) < 4.78 is 0. The second kappa shape index (κ2) is 6.53. The Labute approximate surface area is 108 Å². The molecule has 1 aromatic heterocycles. The largest absolute Gasteiger partial charge is 0.481 e. The van der Waals surface area contributed by atoms with Gasteiger partial charge in [0.1, 0.15) is 0 Å². The Hall–Kier alpha value is -2.38. The lowest BCUT2D eigenvalue weighted by atomic mass is 10.2. The number of likely N-dealkylation sites (N-methyl/N-ethyl adjacent to an activating group) is 1. The van der Waals surface area contributed by atoms with Crippen molar-refractivity contribution < 1.29 is 14.7 Å². The highest BCUT2D eigenvalue weighted by Gasteiger charge is 2.14. The number of aromatic amines is 2. The van der Waals surface area contributed by atoms with Crippen LogP contribution in [0.3, 0.4) is 0 Å². The number of nitrogens with one attached hydrogen (secondary N) is 2. The van der Waals surface area contributed by atoms with Crippen molar-refractivity contribution in [1.29, 1.82) is 0 Å². The molecule has 1 rings (SSSR count). The molecule has 8 heteroatoms. The van der Waals surface area contributed by atoms with Crippen molar-refractivity contribution in [2.45, 2.75) is 19.8 Å². The normalized spacial score (nSPS) is 10.2. The van der Waals surface area contributed by atoms with E-state index in [1.807, 2.05) is 4.98 Å². The Balaban J connectivity index is 2.73. The Kier molecular flexibility index (Phi) is 5.04. The molecule has 1 aromatic rings. The zero-order valence-corrected chi connectivity index (χ0v) is 10.4. The summed E-state index contributed by atoms with van der Waals surface area (Å²) in [7, 11) is 0. The van der Waals surface area contributed by atoms with Crippen LogP contribution in [0, 0.1) is 0 Å². The topological polar surface area (TPSA) is 123 Å². The minimum absolute atomic E-state index is 0.0953. The first kappa shape index (κ1) is 14.7. The molecule has 0 aliphatic heterocycles. The van der Waals surface area contributed by atoms with E-state index in [9.17, 15) is 19.2 Å². The van der Waals surface area contributed by atoms with Crippen LogP contribution in [0.5, 0.6) is 0 Å². The number of hydrogen-bond donors (Lipinski definition) is 3. The number of carboxylic acid groups (broad SMARTS) is 1. The number of hydrogen-bond acceptors (Lipinski definition) is 4. The summed E-state index contributed by atoms with van der Waals surface area (Å²) in [6.07, 6.45) is -0.294. The van der Waals surface area contributed by atoms with Gasteiger partial charge in [0.15, 0.2) is 0 Å². The van der Waals surface area contributed by atoms with Crippen molar-refractivity contribution in [1.82, 2.24) is 14.9 Å². The van der Waals surface area contributed by atoms with E-state index in [0.717, 1.165) is 6.07 Å². The maximum atomic E-state index is 11.9. The van der Waals surface area contributed by atoms with E-state index in [2.05, 4.69) is 4.98 Å². The van der Waals surface area contributed by atoms with Crippen LogP contribution in [-0.2, 0) is 16.0 Å². The number of H-pyrrole nitrogens is 2. The maximum Gasteiger partial charge on any atom is 0.325 e. The van der Waals surface area contributed by atoms with E-state index in [1.165, 1.54) is 4.90 Å². The number of nitrogens with zero attached hydrogens (tertiary/aromatic N) is 1. The number of aromatic nitrogens is 2. The number of amides is 1. The lowest BCUT2D eigenvalue weighted by Gasteiger charge is -2.19. The highest BCUT2D eigenvalue weighted by molar-refractivity contribution is 5.78. The molecular weight excluding hydrogens is 254 g/mol. The summed E-state index contributed by atoms with van der Waals surface area (Å²) in [4.78, 5) is 50.1. The third-order valence-electron chi connectivity index (χ3n) is 2.49. The number of carboxylic acids is 1. The molecule has 0 saturated heterocycles. The Morgan fingerprint density at radius 2 is 2.00 bits per heavy atom. The Bertz CT molecular complexity index is 546. The Morgan fingerprint density at radius 1 is 1.32 bits per heavy atom. The monoisotopic (exact) mass is 269 g/mol. The fourth-order valence-corrected chi connectivity index (χ4v) is 1.58. The van der Waals surface area contributed by atoms with Crippen molar-refractivity contribution in [2.75, 3.05) is 13.1 Å². The molecule has 0 spiro atoms. The molecule has 1 heterocycles. The summed E-state index contributed by atoms with van der Waals surface area (Å²) in [5.74, 6) is -1.33. The van der Waals surface area contributed by atoms with Crippen LogP contribution in [-0.4, -0.2) is 44.9 Å². The molecule has 0 aliphatic carbocycles. The summed E-state index contributed by atoms with van der Waals surface area (Å²) in [6, 6.07) is 1.13. The lowest BCUT2D eigenvalue weighted by Crippen LogP contribution is -2.35. The first-order valence-electron chi connectivity index (χ1n) is 5.74. The second-order valence-corrected chi connectivity index (χ2v) is 3.91. The van der Waals surface area contributed by atoms with E-state index >= 15 is 0 Å². The highest BCUT2D eigenvalue weighted by Crippen LogP contribution is 1.98. The van der Waals surface area contributed by atoms with Gasteiger partial charge >= 0.3 is 11.7 Å². The molecule has 0 aliphatic rings. The van der Waals surface area contributed by atoms with E-state index in [-0.39, 0.29) is 31.0 Å². The van der Waals surface area contributed by atoms with Gasteiger partial charge in [0.25, 0.3) is 5.56 Å². The van der Waals surface area contributed by atoms with Crippen molar-refractivity contribution in [3.05, 3.63) is 32.6 Å². The van der Waals surface area contributed by atoms with Crippen LogP contribution < -0.4 is 11.2 Å². The molecule has 0 unspecified atom stereocenters. The molecule has 0 atom stereocenters. The fraction of sp³-hybridized carbons (Fsp3) is 0.455. The molecule has 0 radical (unpaired) electrons. The summed E-state index contributed by atoms with van der Waals surface area (Å²) in [5, 5.41) is 8.57. The zero-order chi connectivity index (χ0) is 14.4. The number of carbonyl (C=O) groups excluding carboxylic acids is 1. The SMILES string of the molecule is CCN(CCC(=O)O)C(=O)Cc1cc(=O)[nH]c(=O)[nH]1. The maximum absolute atomic E-state index is 11.9. The molecule has 0 bridgehead atoms. The van der Waals surface area contributed by atoms with Crippen LogP contribution in [0.2, 0.25) is 0 Å². The zero-order valence-electron chi connectivity index (χ0n) is 10.4. The molecule has 0 aromatic carbocycles. The predicted octanol–water partition coefficient (Wildman–Crippen LogP) is -1.07. The van der Waals surface area contributed by atoms with Crippen LogP contribution in [0.4, 0.5) is 0 Å². The predicted molar refractivity (Wildman–Crippen MR) is 65.9 cm³/mol. The number of rotatable bonds is 6. The van der Waals surface area contributed by atoms with Crippen molar-refractivity contribution >= 4 is 11.9 Å². The first-order valence-corrected chi connectivity index (χ1v) is 5.74. The molecule has 3 N–H and O–H groups in total. The standard InChI is InChI=1S/C11H15N3O5/c1-2-14(4-3-10(17)18)9(16)6-7-5-8(15)13-11(19)12-7/h5H,2-4,6H2,1H3,(H,17,18)(H2,12,13,15,19). The quantitative estimate of drug-likeness (QED) is 0.606. The van der Waals surface area contributed by atoms with E-state index in [1.54, 1.807) is 6.92 Å². The van der Waals surface area contributed by atoms with Crippen LogP contribution in [0.15, 0.2) is 15.7 Å². The smallest absolute Gasteiger partial charge is 0.325 e. The van der Waals surface area contributed by atoms with Crippen LogP contribution in [0.25, 0.3) is 0 Å². The van der Waals surface area contributed by atoms with Gasteiger partial charge < -0.3 is 15.0 Å². The summed E-state index contributed by atoms with van der Waals surface area (Å²) >= 11 is 0. The lowest BCUT2D eigenvalue weighted by molar-refractivity contribution is -0.138. The van der Waals surface area contributed by atoms with Crippen molar-refractivity contribution in [3.8, 4) is 0 Å². The van der Waals surface area contributed by atoms with Gasteiger partial charge in [-0.1, -0.05) is 0 Å². The number of carbonyl (C=O) groups is 2. The molecule has 0 fully saturated rings. The van der Waals surface area contributed by atoms with Gasteiger partial charge in [0, 0.05) is 24.8 Å². The summed E-state index contributed by atoms with van der Waals surface area (Å²) in [6.45, 7) is 2.18. The van der Waals surface area contributed by atoms with E-state index in [0.29, 0.717) is 6.54 Å². The van der Waals surface area contributed by atoms with Gasteiger partial charge in [-0.3, -0.25) is 19.4 Å². The average molecular weight is 269 g/mol.